The lowest BCUT2D eigenvalue weighted by Gasteiger charge is -2.32. The topological polar surface area (TPSA) is 121 Å². The number of carbonyl (C=O) groups excluding carboxylic acids is 1. The lowest BCUT2D eigenvalue weighted by atomic mass is 10.1. The van der Waals surface area contributed by atoms with Crippen LogP contribution in [0.5, 0.6) is 5.75 Å². The summed E-state index contributed by atoms with van der Waals surface area (Å²) < 4.78 is 31.9. The van der Waals surface area contributed by atoms with Crippen molar-refractivity contribution in [2.45, 2.75) is 56.6 Å². The van der Waals surface area contributed by atoms with Crippen LogP contribution in [0.4, 0.5) is 10.8 Å². The molecule has 0 unspecified atom stereocenters. The number of rotatable bonds is 9. The van der Waals surface area contributed by atoms with E-state index in [0.717, 1.165) is 30.6 Å². The van der Waals surface area contributed by atoms with Gasteiger partial charge in [-0.1, -0.05) is 18.3 Å². The molecule has 1 fully saturated rings. The summed E-state index contributed by atoms with van der Waals surface area (Å²) in [5, 5.41) is 16.8. The number of hydrogen-bond donors (Lipinski definition) is 3. The molecule has 36 heavy (non-hydrogen) atoms. The second-order valence-corrected chi connectivity index (χ2v) is 12.0. The van der Waals surface area contributed by atoms with E-state index in [2.05, 4.69) is 15.6 Å². The Hall–Kier alpha value is -2.73. The number of carbonyl (C=O) groups is 1. The molecule has 11 heteroatoms. The maximum absolute atomic E-state index is 12.9. The van der Waals surface area contributed by atoms with Crippen molar-refractivity contribution in [2.24, 2.45) is 0 Å². The first-order chi connectivity index (χ1) is 17.1. The Bertz CT molecular complexity index is 1310. The van der Waals surface area contributed by atoms with Crippen molar-refractivity contribution in [2.75, 3.05) is 29.9 Å². The fourth-order valence-corrected chi connectivity index (χ4v) is 5.99. The molecule has 1 aliphatic heterocycles. The van der Waals surface area contributed by atoms with E-state index in [0.29, 0.717) is 29.3 Å². The normalized spacial score (nSPS) is 15.1. The molecule has 3 N–H and O–H groups in total. The largest absolute Gasteiger partial charge is 0.389 e. The van der Waals surface area contributed by atoms with Gasteiger partial charge in [0.2, 0.25) is 5.91 Å². The molecule has 0 atom stereocenters. The monoisotopic (exact) mass is 532 g/mol. The third-order valence-corrected chi connectivity index (χ3v) is 8.15. The second kappa shape index (κ2) is 10.7. The number of aliphatic hydroxyl groups is 1. The van der Waals surface area contributed by atoms with Gasteiger partial charge in [-0.15, -0.1) is 0 Å². The van der Waals surface area contributed by atoms with Gasteiger partial charge in [-0.25, -0.2) is 4.98 Å². The van der Waals surface area contributed by atoms with Crippen LogP contribution >= 0.6 is 11.3 Å². The van der Waals surface area contributed by atoms with Crippen molar-refractivity contribution >= 4 is 48.4 Å². The average molecular weight is 533 g/mol. The molecule has 3 aromatic rings. The van der Waals surface area contributed by atoms with Crippen LogP contribution in [0.15, 0.2) is 47.4 Å². The molecule has 1 aromatic heterocycles. The molecule has 2 heterocycles. The number of fused-ring (bicyclic) bond motifs is 1. The van der Waals surface area contributed by atoms with E-state index in [1.807, 2.05) is 6.92 Å². The van der Waals surface area contributed by atoms with Gasteiger partial charge < -0.3 is 19.9 Å². The first kappa shape index (κ1) is 26.3. The van der Waals surface area contributed by atoms with E-state index in [-0.39, 0.29) is 22.6 Å². The van der Waals surface area contributed by atoms with Crippen molar-refractivity contribution in [1.29, 1.82) is 0 Å². The van der Waals surface area contributed by atoms with Crippen LogP contribution in [0.25, 0.3) is 10.2 Å². The summed E-state index contributed by atoms with van der Waals surface area (Å²) in [7, 11) is -4.05. The van der Waals surface area contributed by atoms with Crippen LogP contribution in [-0.4, -0.2) is 55.7 Å². The fraction of sp³-hybridized carbons (Fsp3) is 0.440. The van der Waals surface area contributed by atoms with Gasteiger partial charge in [0.25, 0.3) is 0 Å². The molecule has 4 rings (SSSR count). The van der Waals surface area contributed by atoms with E-state index in [1.54, 1.807) is 49.1 Å². The number of amides is 1. The van der Waals surface area contributed by atoms with E-state index >= 15 is 0 Å². The minimum absolute atomic E-state index is 0.0204. The van der Waals surface area contributed by atoms with E-state index < -0.39 is 15.7 Å². The summed E-state index contributed by atoms with van der Waals surface area (Å²) in [4.78, 5) is 19.3. The molecule has 194 valence electrons. The van der Waals surface area contributed by atoms with Gasteiger partial charge in [-0.3, -0.25) is 9.69 Å². The van der Waals surface area contributed by atoms with Crippen LogP contribution in [0.1, 0.15) is 40.0 Å². The van der Waals surface area contributed by atoms with Crippen molar-refractivity contribution in [3.8, 4) is 5.75 Å². The molecule has 0 bridgehead atoms. The molecule has 0 spiro atoms. The molecular formula is C25H32N4O5S2. The van der Waals surface area contributed by atoms with Gasteiger partial charge in [0.05, 0.1) is 15.8 Å². The van der Waals surface area contributed by atoms with Gasteiger partial charge in [0, 0.05) is 30.8 Å². The SMILES string of the molecule is CCC(=O)N(c1nc2ccc(OS(=O)(=O)c3ccc(NCC(C)(C)O)cc3)cc2s1)C1CCNCC1. The number of hydrogen-bond acceptors (Lipinski definition) is 9. The summed E-state index contributed by atoms with van der Waals surface area (Å²) in [6.45, 7) is 7.25. The summed E-state index contributed by atoms with van der Waals surface area (Å²) in [5.41, 5.74) is 0.483. The van der Waals surface area contributed by atoms with E-state index in [1.165, 1.54) is 23.5 Å². The van der Waals surface area contributed by atoms with Crippen LogP contribution in [0.3, 0.4) is 0 Å². The zero-order chi connectivity index (χ0) is 25.9. The van der Waals surface area contributed by atoms with E-state index in [4.69, 9.17) is 4.18 Å². The van der Waals surface area contributed by atoms with E-state index in [9.17, 15) is 18.3 Å². The van der Waals surface area contributed by atoms with Crippen molar-refractivity contribution < 1.29 is 22.5 Å². The maximum Gasteiger partial charge on any atom is 0.339 e. The second-order valence-electron chi connectivity index (χ2n) is 9.45. The molecule has 0 aliphatic carbocycles. The highest BCUT2D eigenvalue weighted by Crippen LogP contribution is 2.34. The minimum Gasteiger partial charge on any atom is -0.389 e. The third-order valence-electron chi connectivity index (χ3n) is 5.87. The molecule has 2 aromatic carbocycles. The Morgan fingerprint density at radius 1 is 1.22 bits per heavy atom. The van der Waals surface area contributed by atoms with Gasteiger partial charge in [0.1, 0.15) is 10.6 Å². The summed E-state index contributed by atoms with van der Waals surface area (Å²) in [5.74, 6) is 0.206. The van der Waals surface area contributed by atoms with Crippen molar-refractivity contribution in [3.05, 3.63) is 42.5 Å². The highest BCUT2D eigenvalue weighted by molar-refractivity contribution is 7.87. The standard InChI is InChI=1S/C25H32N4O5S2/c1-4-23(30)29(18-11-13-26-14-12-18)24-28-21-10-7-19(15-22(21)35-24)34-36(32,33)20-8-5-17(6-9-20)27-16-25(2,3)31/h5-10,15,18,26-27,31H,4,11-14,16H2,1-3H3. The number of benzene rings is 2. The quantitative estimate of drug-likeness (QED) is 0.357. The number of nitrogens with zero attached hydrogens (tertiary/aromatic N) is 2. The molecule has 0 radical (unpaired) electrons. The van der Waals surface area contributed by atoms with Crippen LogP contribution in [0.2, 0.25) is 0 Å². The summed E-state index contributed by atoms with van der Waals surface area (Å²) in [6, 6.07) is 11.2. The lowest BCUT2D eigenvalue weighted by molar-refractivity contribution is -0.118. The minimum atomic E-state index is -4.05. The van der Waals surface area contributed by atoms with Gasteiger partial charge >= 0.3 is 10.1 Å². The van der Waals surface area contributed by atoms with Crippen LogP contribution in [-0.2, 0) is 14.9 Å². The highest BCUT2D eigenvalue weighted by atomic mass is 32.2. The van der Waals surface area contributed by atoms with Crippen molar-refractivity contribution in [1.82, 2.24) is 10.3 Å². The Morgan fingerprint density at radius 3 is 2.56 bits per heavy atom. The predicted molar refractivity (Wildman–Crippen MR) is 142 cm³/mol. The Labute approximate surface area is 215 Å². The summed E-state index contributed by atoms with van der Waals surface area (Å²) >= 11 is 1.36. The molecule has 0 saturated carbocycles. The van der Waals surface area contributed by atoms with Crippen molar-refractivity contribution in [3.63, 3.8) is 0 Å². The molecule has 1 amide bonds. The molecule has 1 aliphatic rings. The molecular weight excluding hydrogens is 500 g/mol. The van der Waals surface area contributed by atoms with Crippen LogP contribution < -0.4 is 19.7 Å². The number of anilines is 2. The highest BCUT2D eigenvalue weighted by Gasteiger charge is 2.28. The Balaban J connectivity index is 1.52. The summed E-state index contributed by atoms with van der Waals surface area (Å²) in [6.07, 6.45) is 2.11. The number of piperidine rings is 1. The van der Waals surface area contributed by atoms with Gasteiger partial charge in [-0.2, -0.15) is 8.42 Å². The Kier molecular flexibility index (Phi) is 7.84. The van der Waals surface area contributed by atoms with Gasteiger partial charge in [-0.05, 0) is 76.2 Å². The first-order valence-electron chi connectivity index (χ1n) is 12.0. The molecule has 9 nitrogen and oxygen atoms in total. The molecule has 1 saturated heterocycles. The number of nitrogens with one attached hydrogen (secondary N) is 2. The number of aromatic nitrogens is 1. The average Bonchev–Trinajstić information content (AvgIpc) is 3.25. The third kappa shape index (κ3) is 6.33. The lowest BCUT2D eigenvalue weighted by Crippen LogP contribution is -2.46. The Morgan fingerprint density at radius 2 is 1.92 bits per heavy atom. The van der Waals surface area contributed by atoms with Crippen LogP contribution in [0, 0.1) is 0 Å². The predicted octanol–water partition coefficient (Wildman–Crippen LogP) is 3.74. The zero-order valence-corrected chi connectivity index (χ0v) is 22.3. The smallest absolute Gasteiger partial charge is 0.339 e. The maximum atomic E-state index is 12.9. The van der Waals surface area contributed by atoms with Gasteiger partial charge in [0.15, 0.2) is 5.13 Å². The fourth-order valence-electron chi connectivity index (χ4n) is 3.98. The zero-order valence-electron chi connectivity index (χ0n) is 20.7. The number of thiazole rings is 1. The first-order valence-corrected chi connectivity index (χ1v) is 14.2.